The lowest BCUT2D eigenvalue weighted by atomic mass is 10.1. The number of nitrogens with one attached hydrogen (secondary N) is 1. The zero-order valence-corrected chi connectivity index (χ0v) is 9.69. The molecular formula is C12H18F2N2. The number of benzene rings is 1. The fraction of sp³-hybridized carbons (Fsp3) is 0.500. The van der Waals surface area contributed by atoms with Crippen molar-refractivity contribution in [2.45, 2.75) is 32.9 Å². The standard InChI is InChI=1S/C12H18F2N2/c1-8-3-4-11(13)10(12(8)14)7-16-9(2)5-6-15/h3-4,9,16H,5-7,15H2,1-2H3. The van der Waals surface area contributed by atoms with E-state index in [2.05, 4.69) is 5.32 Å². The van der Waals surface area contributed by atoms with Gasteiger partial charge in [0.1, 0.15) is 11.6 Å². The molecule has 0 fully saturated rings. The van der Waals surface area contributed by atoms with Crippen LogP contribution in [0.25, 0.3) is 0 Å². The third kappa shape index (κ3) is 3.25. The highest BCUT2D eigenvalue weighted by molar-refractivity contribution is 5.26. The lowest BCUT2D eigenvalue weighted by Gasteiger charge is -2.14. The topological polar surface area (TPSA) is 38.0 Å². The monoisotopic (exact) mass is 228 g/mol. The fourth-order valence-electron chi connectivity index (χ4n) is 1.51. The van der Waals surface area contributed by atoms with Gasteiger partial charge in [0.2, 0.25) is 0 Å². The van der Waals surface area contributed by atoms with Crippen LogP contribution in [0.1, 0.15) is 24.5 Å². The first-order valence-corrected chi connectivity index (χ1v) is 5.43. The Morgan fingerprint density at radius 1 is 1.38 bits per heavy atom. The maximum Gasteiger partial charge on any atom is 0.133 e. The third-order valence-electron chi connectivity index (χ3n) is 2.61. The van der Waals surface area contributed by atoms with Crippen molar-refractivity contribution in [3.63, 3.8) is 0 Å². The van der Waals surface area contributed by atoms with Crippen molar-refractivity contribution in [3.8, 4) is 0 Å². The predicted octanol–water partition coefficient (Wildman–Crippen LogP) is 2.10. The Bertz CT molecular complexity index is 353. The molecule has 0 amide bonds. The normalized spacial score (nSPS) is 12.8. The summed E-state index contributed by atoms with van der Waals surface area (Å²) in [5, 5.41) is 3.05. The highest BCUT2D eigenvalue weighted by Gasteiger charge is 2.11. The van der Waals surface area contributed by atoms with Gasteiger partial charge in [0.15, 0.2) is 0 Å². The van der Waals surface area contributed by atoms with Gasteiger partial charge in [-0.3, -0.25) is 0 Å². The number of aryl methyl sites for hydroxylation is 1. The Hall–Kier alpha value is -1.00. The van der Waals surface area contributed by atoms with E-state index < -0.39 is 11.6 Å². The van der Waals surface area contributed by atoms with Crippen LogP contribution in [0.4, 0.5) is 8.78 Å². The van der Waals surface area contributed by atoms with Crippen LogP contribution in [-0.2, 0) is 6.54 Å². The van der Waals surface area contributed by atoms with Crippen LogP contribution in [0.15, 0.2) is 12.1 Å². The van der Waals surface area contributed by atoms with Crippen LogP contribution in [0.3, 0.4) is 0 Å². The van der Waals surface area contributed by atoms with Crippen LogP contribution in [-0.4, -0.2) is 12.6 Å². The Balaban J connectivity index is 2.70. The minimum absolute atomic E-state index is 0.101. The van der Waals surface area contributed by atoms with Crippen LogP contribution >= 0.6 is 0 Å². The summed E-state index contributed by atoms with van der Waals surface area (Å²) in [7, 11) is 0. The van der Waals surface area contributed by atoms with Crippen LogP contribution in [0, 0.1) is 18.6 Å². The van der Waals surface area contributed by atoms with Crippen molar-refractivity contribution < 1.29 is 8.78 Å². The fourth-order valence-corrected chi connectivity index (χ4v) is 1.51. The van der Waals surface area contributed by atoms with E-state index in [9.17, 15) is 8.78 Å². The molecule has 16 heavy (non-hydrogen) atoms. The third-order valence-corrected chi connectivity index (χ3v) is 2.61. The van der Waals surface area contributed by atoms with E-state index in [1.165, 1.54) is 12.1 Å². The molecule has 4 heteroatoms. The Labute approximate surface area is 94.8 Å². The summed E-state index contributed by atoms with van der Waals surface area (Å²) < 4.78 is 27.0. The minimum atomic E-state index is -0.504. The number of rotatable bonds is 5. The van der Waals surface area contributed by atoms with E-state index in [1.54, 1.807) is 6.92 Å². The second kappa shape index (κ2) is 5.92. The van der Waals surface area contributed by atoms with E-state index in [1.807, 2.05) is 6.92 Å². The number of hydrogen-bond acceptors (Lipinski definition) is 2. The molecule has 0 radical (unpaired) electrons. The van der Waals surface area contributed by atoms with E-state index in [0.717, 1.165) is 6.42 Å². The van der Waals surface area contributed by atoms with Gasteiger partial charge in [-0.2, -0.15) is 0 Å². The molecule has 1 unspecified atom stereocenters. The quantitative estimate of drug-likeness (QED) is 0.810. The molecule has 0 saturated carbocycles. The number of halogens is 2. The molecule has 3 N–H and O–H groups in total. The molecule has 0 aromatic heterocycles. The Morgan fingerprint density at radius 2 is 2.06 bits per heavy atom. The lowest BCUT2D eigenvalue weighted by Crippen LogP contribution is -2.28. The van der Waals surface area contributed by atoms with Crippen molar-refractivity contribution in [3.05, 3.63) is 34.9 Å². The van der Waals surface area contributed by atoms with Gasteiger partial charge in [-0.1, -0.05) is 6.07 Å². The molecule has 0 aliphatic heterocycles. The van der Waals surface area contributed by atoms with Crippen molar-refractivity contribution in [1.82, 2.24) is 5.32 Å². The summed E-state index contributed by atoms with van der Waals surface area (Å²) in [6.07, 6.45) is 0.787. The van der Waals surface area contributed by atoms with Gasteiger partial charge in [0.25, 0.3) is 0 Å². The molecule has 1 rings (SSSR count). The second-order valence-corrected chi connectivity index (χ2v) is 4.02. The maximum atomic E-state index is 13.6. The van der Waals surface area contributed by atoms with Gasteiger partial charge >= 0.3 is 0 Å². The molecule has 0 heterocycles. The zero-order valence-electron chi connectivity index (χ0n) is 9.69. The molecular weight excluding hydrogens is 210 g/mol. The molecule has 0 spiro atoms. The van der Waals surface area contributed by atoms with Gasteiger partial charge in [0, 0.05) is 18.2 Å². The first-order valence-electron chi connectivity index (χ1n) is 5.43. The van der Waals surface area contributed by atoms with Gasteiger partial charge in [0.05, 0.1) is 0 Å². The lowest BCUT2D eigenvalue weighted by molar-refractivity contribution is 0.483. The molecule has 0 aliphatic rings. The first-order chi connectivity index (χ1) is 7.56. The second-order valence-electron chi connectivity index (χ2n) is 4.02. The van der Waals surface area contributed by atoms with Gasteiger partial charge in [-0.15, -0.1) is 0 Å². The SMILES string of the molecule is Cc1ccc(F)c(CNC(C)CCN)c1F. The van der Waals surface area contributed by atoms with Gasteiger partial charge in [-0.05, 0) is 38.4 Å². The van der Waals surface area contributed by atoms with E-state index in [-0.39, 0.29) is 18.2 Å². The average Bonchev–Trinajstić information content (AvgIpc) is 2.24. The van der Waals surface area contributed by atoms with Crippen LogP contribution in [0.2, 0.25) is 0 Å². The molecule has 1 aromatic rings. The molecule has 0 aliphatic carbocycles. The maximum absolute atomic E-state index is 13.6. The number of hydrogen-bond donors (Lipinski definition) is 2. The summed E-state index contributed by atoms with van der Waals surface area (Å²) in [5.74, 6) is -0.969. The predicted molar refractivity (Wildman–Crippen MR) is 61.1 cm³/mol. The minimum Gasteiger partial charge on any atom is -0.330 e. The Morgan fingerprint density at radius 3 is 2.69 bits per heavy atom. The summed E-state index contributed by atoms with van der Waals surface area (Å²) in [5.41, 5.74) is 5.96. The van der Waals surface area contributed by atoms with Crippen molar-refractivity contribution in [2.24, 2.45) is 5.73 Å². The summed E-state index contributed by atoms with van der Waals surface area (Å²) in [6.45, 7) is 4.33. The molecule has 90 valence electrons. The zero-order chi connectivity index (χ0) is 12.1. The Kier molecular flexibility index (Phi) is 4.83. The molecule has 1 atom stereocenters. The van der Waals surface area contributed by atoms with Gasteiger partial charge in [-0.25, -0.2) is 8.78 Å². The van der Waals surface area contributed by atoms with E-state index in [0.29, 0.717) is 12.1 Å². The van der Waals surface area contributed by atoms with Crippen molar-refractivity contribution in [1.29, 1.82) is 0 Å². The molecule has 1 aromatic carbocycles. The average molecular weight is 228 g/mol. The first kappa shape index (κ1) is 13.1. The summed E-state index contributed by atoms with van der Waals surface area (Å²) in [6, 6.07) is 2.89. The largest absolute Gasteiger partial charge is 0.330 e. The summed E-state index contributed by atoms with van der Waals surface area (Å²) >= 11 is 0. The smallest absolute Gasteiger partial charge is 0.133 e. The van der Waals surface area contributed by atoms with E-state index in [4.69, 9.17) is 5.73 Å². The van der Waals surface area contributed by atoms with Crippen LogP contribution < -0.4 is 11.1 Å². The summed E-state index contributed by atoms with van der Waals surface area (Å²) in [4.78, 5) is 0. The molecule has 2 nitrogen and oxygen atoms in total. The van der Waals surface area contributed by atoms with Crippen molar-refractivity contribution in [2.75, 3.05) is 6.54 Å². The van der Waals surface area contributed by atoms with Gasteiger partial charge < -0.3 is 11.1 Å². The molecule has 0 bridgehead atoms. The highest BCUT2D eigenvalue weighted by atomic mass is 19.1. The highest BCUT2D eigenvalue weighted by Crippen LogP contribution is 2.16. The van der Waals surface area contributed by atoms with E-state index >= 15 is 0 Å². The van der Waals surface area contributed by atoms with Crippen LogP contribution in [0.5, 0.6) is 0 Å². The number of nitrogens with two attached hydrogens (primary N) is 1. The van der Waals surface area contributed by atoms with Crippen molar-refractivity contribution >= 4 is 0 Å². The molecule has 0 saturated heterocycles.